The standard InChI is InChI=1S/C10H12N4O2S/c1-6-7(5-15)9(14(2)13-6)17-10-11-4-3-8(16)12-10/h3-4,15H,5H2,1-2H3,(H,11,12,16). The molecule has 0 aliphatic carbocycles. The summed E-state index contributed by atoms with van der Waals surface area (Å²) in [4.78, 5) is 17.8. The first-order valence-corrected chi connectivity index (χ1v) is 5.80. The van der Waals surface area contributed by atoms with Crippen molar-refractivity contribution in [1.29, 1.82) is 0 Å². The van der Waals surface area contributed by atoms with Crippen molar-refractivity contribution >= 4 is 11.8 Å². The largest absolute Gasteiger partial charge is 0.392 e. The van der Waals surface area contributed by atoms with Gasteiger partial charge >= 0.3 is 0 Å². The van der Waals surface area contributed by atoms with E-state index in [2.05, 4.69) is 15.1 Å². The van der Waals surface area contributed by atoms with Crippen molar-refractivity contribution in [2.24, 2.45) is 7.05 Å². The summed E-state index contributed by atoms with van der Waals surface area (Å²) in [6.45, 7) is 1.75. The van der Waals surface area contributed by atoms with Gasteiger partial charge in [0.05, 0.1) is 12.3 Å². The Bertz CT molecular complexity index is 590. The number of H-pyrrole nitrogens is 1. The topological polar surface area (TPSA) is 83.8 Å². The normalized spacial score (nSPS) is 10.8. The molecule has 0 aliphatic rings. The lowest BCUT2D eigenvalue weighted by molar-refractivity contribution is 0.277. The van der Waals surface area contributed by atoms with E-state index in [1.807, 2.05) is 6.92 Å². The van der Waals surface area contributed by atoms with Gasteiger partial charge in [-0.25, -0.2) is 4.98 Å². The van der Waals surface area contributed by atoms with Crippen LogP contribution in [0.1, 0.15) is 11.3 Å². The third-order valence-electron chi connectivity index (χ3n) is 2.29. The number of aryl methyl sites for hydroxylation is 2. The van der Waals surface area contributed by atoms with Crippen LogP contribution in [-0.2, 0) is 13.7 Å². The molecule has 0 aromatic carbocycles. The molecule has 90 valence electrons. The Morgan fingerprint density at radius 1 is 1.59 bits per heavy atom. The number of aromatic nitrogens is 4. The lowest BCUT2D eigenvalue weighted by Gasteiger charge is -2.03. The number of aliphatic hydroxyl groups is 1. The van der Waals surface area contributed by atoms with Crippen LogP contribution in [0.5, 0.6) is 0 Å². The molecular weight excluding hydrogens is 240 g/mol. The Morgan fingerprint density at radius 2 is 2.35 bits per heavy atom. The molecule has 0 saturated heterocycles. The summed E-state index contributed by atoms with van der Waals surface area (Å²) < 4.78 is 1.67. The van der Waals surface area contributed by atoms with Crippen LogP contribution in [0.15, 0.2) is 27.2 Å². The van der Waals surface area contributed by atoms with Crippen molar-refractivity contribution in [3.8, 4) is 0 Å². The van der Waals surface area contributed by atoms with E-state index in [4.69, 9.17) is 0 Å². The second-order valence-electron chi connectivity index (χ2n) is 3.49. The predicted molar refractivity (Wildman–Crippen MR) is 62.8 cm³/mol. The van der Waals surface area contributed by atoms with E-state index in [0.717, 1.165) is 16.3 Å². The Hall–Kier alpha value is -1.60. The van der Waals surface area contributed by atoms with E-state index in [-0.39, 0.29) is 12.2 Å². The summed E-state index contributed by atoms with van der Waals surface area (Å²) in [5.41, 5.74) is 1.33. The Balaban J connectivity index is 2.39. The zero-order chi connectivity index (χ0) is 12.4. The van der Waals surface area contributed by atoms with E-state index in [1.54, 1.807) is 11.7 Å². The van der Waals surface area contributed by atoms with Crippen LogP contribution < -0.4 is 5.56 Å². The van der Waals surface area contributed by atoms with Crippen LogP contribution in [0.4, 0.5) is 0 Å². The smallest absolute Gasteiger partial charge is 0.251 e. The van der Waals surface area contributed by atoms with E-state index in [0.29, 0.717) is 5.16 Å². The van der Waals surface area contributed by atoms with Crippen molar-refractivity contribution in [3.63, 3.8) is 0 Å². The van der Waals surface area contributed by atoms with Gasteiger partial charge in [-0.3, -0.25) is 9.48 Å². The van der Waals surface area contributed by atoms with Gasteiger partial charge in [0.15, 0.2) is 5.16 Å². The number of nitrogens with zero attached hydrogens (tertiary/aromatic N) is 3. The minimum atomic E-state index is -0.202. The van der Waals surface area contributed by atoms with Gasteiger partial charge in [0.25, 0.3) is 5.56 Å². The molecule has 0 spiro atoms. The molecule has 6 nitrogen and oxygen atoms in total. The molecule has 0 fully saturated rings. The zero-order valence-electron chi connectivity index (χ0n) is 9.47. The van der Waals surface area contributed by atoms with Crippen molar-refractivity contribution in [2.75, 3.05) is 0 Å². The van der Waals surface area contributed by atoms with Gasteiger partial charge in [-0.05, 0) is 18.7 Å². The predicted octanol–water partition coefficient (Wildman–Crippen LogP) is 0.455. The number of rotatable bonds is 3. The average molecular weight is 252 g/mol. The SMILES string of the molecule is Cc1nn(C)c(Sc2nccc(=O)[nH]2)c1CO. The average Bonchev–Trinajstić information content (AvgIpc) is 2.53. The highest BCUT2D eigenvalue weighted by Gasteiger charge is 2.14. The molecule has 2 aromatic heterocycles. The molecule has 0 radical (unpaired) electrons. The lowest BCUT2D eigenvalue weighted by Crippen LogP contribution is -2.06. The molecule has 7 heteroatoms. The van der Waals surface area contributed by atoms with E-state index < -0.39 is 0 Å². The van der Waals surface area contributed by atoms with Gasteiger partial charge < -0.3 is 10.1 Å². The molecule has 0 atom stereocenters. The zero-order valence-corrected chi connectivity index (χ0v) is 10.3. The fourth-order valence-corrected chi connectivity index (χ4v) is 2.44. The van der Waals surface area contributed by atoms with Gasteiger partial charge in [-0.15, -0.1) is 0 Å². The van der Waals surface area contributed by atoms with Crippen LogP contribution >= 0.6 is 11.8 Å². The number of aromatic amines is 1. The third kappa shape index (κ3) is 2.40. The summed E-state index contributed by atoms with van der Waals surface area (Å²) in [7, 11) is 1.79. The van der Waals surface area contributed by atoms with Crippen LogP contribution in [-0.4, -0.2) is 24.9 Å². The molecule has 2 heterocycles. The van der Waals surface area contributed by atoms with Gasteiger partial charge in [0, 0.05) is 24.9 Å². The molecule has 0 aliphatic heterocycles. The van der Waals surface area contributed by atoms with Gasteiger partial charge in [-0.1, -0.05) is 0 Å². The summed E-state index contributed by atoms with van der Waals surface area (Å²) in [5.74, 6) is 0. The van der Waals surface area contributed by atoms with Crippen molar-refractivity contribution < 1.29 is 5.11 Å². The van der Waals surface area contributed by atoms with Crippen molar-refractivity contribution in [3.05, 3.63) is 33.9 Å². The minimum Gasteiger partial charge on any atom is -0.392 e. The Labute approximate surface area is 102 Å². The third-order valence-corrected chi connectivity index (χ3v) is 3.39. The molecule has 0 unspecified atom stereocenters. The highest BCUT2D eigenvalue weighted by molar-refractivity contribution is 7.99. The first-order chi connectivity index (χ1) is 8.11. The van der Waals surface area contributed by atoms with E-state index >= 15 is 0 Å². The fourth-order valence-electron chi connectivity index (χ4n) is 1.49. The first-order valence-electron chi connectivity index (χ1n) is 4.98. The Kier molecular flexibility index (Phi) is 3.30. The fraction of sp³-hybridized carbons (Fsp3) is 0.300. The van der Waals surface area contributed by atoms with Crippen LogP contribution in [0.3, 0.4) is 0 Å². The lowest BCUT2D eigenvalue weighted by atomic mass is 10.3. The van der Waals surface area contributed by atoms with E-state index in [1.165, 1.54) is 24.0 Å². The monoisotopic (exact) mass is 252 g/mol. The molecule has 2 N–H and O–H groups in total. The molecule has 0 amide bonds. The second-order valence-corrected chi connectivity index (χ2v) is 4.47. The summed E-state index contributed by atoms with van der Waals surface area (Å²) in [6.07, 6.45) is 1.45. The Morgan fingerprint density at radius 3 is 3.00 bits per heavy atom. The number of aliphatic hydroxyl groups excluding tert-OH is 1. The van der Waals surface area contributed by atoms with Crippen LogP contribution in [0, 0.1) is 6.92 Å². The second kappa shape index (κ2) is 4.72. The van der Waals surface area contributed by atoms with Crippen LogP contribution in [0.2, 0.25) is 0 Å². The summed E-state index contributed by atoms with van der Waals surface area (Å²) in [5, 5.41) is 14.8. The maximum absolute atomic E-state index is 11.1. The maximum Gasteiger partial charge on any atom is 0.251 e. The number of hydrogen-bond acceptors (Lipinski definition) is 5. The number of hydrogen-bond donors (Lipinski definition) is 2. The highest BCUT2D eigenvalue weighted by Crippen LogP contribution is 2.28. The van der Waals surface area contributed by atoms with Gasteiger partial charge in [-0.2, -0.15) is 5.10 Å². The van der Waals surface area contributed by atoms with Crippen molar-refractivity contribution in [2.45, 2.75) is 23.7 Å². The molecule has 2 rings (SSSR count). The van der Waals surface area contributed by atoms with Crippen LogP contribution in [0.25, 0.3) is 0 Å². The molecule has 0 saturated carbocycles. The molecule has 17 heavy (non-hydrogen) atoms. The van der Waals surface area contributed by atoms with E-state index in [9.17, 15) is 9.90 Å². The highest BCUT2D eigenvalue weighted by atomic mass is 32.2. The molecular formula is C10H12N4O2S. The minimum absolute atomic E-state index is 0.0843. The van der Waals surface area contributed by atoms with Crippen molar-refractivity contribution in [1.82, 2.24) is 19.7 Å². The molecule has 2 aromatic rings. The van der Waals surface area contributed by atoms with Gasteiger partial charge in [0.2, 0.25) is 0 Å². The summed E-state index contributed by atoms with van der Waals surface area (Å²) in [6, 6.07) is 1.35. The quantitative estimate of drug-likeness (QED) is 0.775. The van der Waals surface area contributed by atoms with Gasteiger partial charge in [0.1, 0.15) is 5.03 Å². The number of nitrogens with one attached hydrogen (secondary N) is 1. The maximum atomic E-state index is 11.1. The first kappa shape index (κ1) is 11.9. The summed E-state index contributed by atoms with van der Waals surface area (Å²) >= 11 is 1.27. The molecule has 0 bridgehead atoms.